The van der Waals surface area contributed by atoms with Crippen molar-refractivity contribution in [2.75, 3.05) is 24.8 Å². The third kappa shape index (κ3) is 4.26. The molecule has 1 heterocycles. The molecule has 0 atom stereocenters. The van der Waals surface area contributed by atoms with Crippen molar-refractivity contribution in [3.05, 3.63) is 0 Å². The molecule has 0 spiro atoms. The molecule has 0 bridgehead atoms. The minimum absolute atomic E-state index is 0.0130. The number of unbranched alkanes of at least 4 members (excludes halogenated alkanes) is 1. The van der Waals surface area contributed by atoms with Gasteiger partial charge in [-0.1, -0.05) is 0 Å². The first kappa shape index (κ1) is 11.2. The SMILES string of the molecule is O=S(=O)(CCCCCl)NC1COC1. The number of alkyl halides is 1. The topological polar surface area (TPSA) is 55.4 Å². The molecule has 1 rings (SSSR count). The molecule has 0 saturated carbocycles. The fraction of sp³-hybridized carbons (Fsp3) is 1.00. The summed E-state index contributed by atoms with van der Waals surface area (Å²) >= 11 is 5.44. The summed E-state index contributed by atoms with van der Waals surface area (Å²) in [5.74, 6) is 0.679. The Labute approximate surface area is 83.7 Å². The molecule has 0 radical (unpaired) electrons. The van der Waals surface area contributed by atoms with E-state index in [1.165, 1.54) is 0 Å². The summed E-state index contributed by atoms with van der Waals surface area (Å²) in [5, 5.41) is 0. The van der Waals surface area contributed by atoms with E-state index in [1.54, 1.807) is 0 Å². The monoisotopic (exact) mass is 227 g/mol. The summed E-state index contributed by atoms with van der Waals surface area (Å²) < 4.78 is 30.0. The highest BCUT2D eigenvalue weighted by molar-refractivity contribution is 7.89. The van der Waals surface area contributed by atoms with Crippen LogP contribution >= 0.6 is 11.6 Å². The highest BCUT2D eigenvalue weighted by Crippen LogP contribution is 2.03. The zero-order valence-electron chi connectivity index (χ0n) is 7.33. The molecule has 1 fully saturated rings. The molecule has 1 N–H and O–H groups in total. The Bertz CT molecular complexity index is 238. The molecule has 78 valence electrons. The van der Waals surface area contributed by atoms with Crippen molar-refractivity contribution in [3.8, 4) is 0 Å². The number of nitrogens with one attached hydrogen (secondary N) is 1. The van der Waals surface area contributed by atoms with Gasteiger partial charge in [0.15, 0.2) is 0 Å². The van der Waals surface area contributed by atoms with E-state index in [2.05, 4.69) is 4.72 Å². The minimum Gasteiger partial charge on any atom is -0.378 e. The minimum atomic E-state index is -3.10. The van der Waals surface area contributed by atoms with E-state index in [1.807, 2.05) is 0 Å². The molecular weight excluding hydrogens is 214 g/mol. The molecule has 0 aromatic heterocycles. The largest absolute Gasteiger partial charge is 0.378 e. The van der Waals surface area contributed by atoms with Crippen molar-refractivity contribution < 1.29 is 13.2 Å². The zero-order chi connectivity index (χ0) is 9.73. The molecule has 0 aliphatic carbocycles. The van der Waals surface area contributed by atoms with Gasteiger partial charge in [0.25, 0.3) is 0 Å². The number of hydrogen-bond donors (Lipinski definition) is 1. The lowest BCUT2D eigenvalue weighted by Crippen LogP contribution is -2.49. The van der Waals surface area contributed by atoms with Crippen molar-refractivity contribution in [3.63, 3.8) is 0 Å². The number of rotatable bonds is 6. The highest BCUT2D eigenvalue weighted by atomic mass is 35.5. The second-order valence-electron chi connectivity index (χ2n) is 3.07. The third-order valence-corrected chi connectivity index (χ3v) is 3.57. The van der Waals surface area contributed by atoms with Gasteiger partial charge in [-0.2, -0.15) is 0 Å². The summed E-state index contributed by atoms with van der Waals surface area (Å²) in [4.78, 5) is 0. The first-order chi connectivity index (χ1) is 6.14. The number of sulfonamides is 1. The van der Waals surface area contributed by atoms with Crippen molar-refractivity contribution in [2.45, 2.75) is 18.9 Å². The first-order valence-corrected chi connectivity index (χ1v) is 6.46. The number of hydrogen-bond acceptors (Lipinski definition) is 3. The van der Waals surface area contributed by atoms with Crippen LogP contribution in [0.15, 0.2) is 0 Å². The predicted molar refractivity (Wildman–Crippen MR) is 51.5 cm³/mol. The lowest BCUT2D eigenvalue weighted by molar-refractivity contribution is 0.00482. The molecule has 0 aromatic rings. The Morgan fingerprint density at radius 1 is 1.38 bits per heavy atom. The maximum atomic E-state index is 11.3. The van der Waals surface area contributed by atoms with E-state index in [0.717, 1.165) is 6.42 Å². The van der Waals surface area contributed by atoms with E-state index < -0.39 is 10.0 Å². The van der Waals surface area contributed by atoms with Crippen molar-refractivity contribution in [1.29, 1.82) is 0 Å². The molecule has 13 heavy (non-hydrogen) atoms. The van der Waals surface area contributed by atoms with Crippen molar-refractivity contribution in [2.24, 2.45) is 0 Å². The van der Waals surface area contributed by atoms with Crippen LogP contribution in [-0.2, 0) is 14.8 Å². The smallest absolute Gasteiger partial charge is 0.212 e. The summed E-state index contributed by atoms with van der Waals surface area (Å²) in [6, 6.07) is -0.0130. The molecule has 0 aromatic carbocycles. The average Bonchev–Trinajstić information content (AvgIpc) is 1.98. The molecule has 0 unspecified atom stereocenters. The second kappa shape index (κ2) is 5.14. The van der Waals surface area contributed by atoms with Gasteiger partial charge in [-0.3, -0.25) is 0 Å². The Balaban J connectivity index is 2.20. The lowest BCUT2D eigenvalue weighted by Gasteiger charge is -2.26. The summed E-state index contributed by atoms with van der Waals surface area (Å²) in [7, 11) is -3.10. The number of halogens is 1. The van der Waals surface area contributed by atoms with E-state index >= 15 is 0 Å². The Hall–Kier alpha value is 0.160. The standard InChI is InChI=1S/C7H14ClNO3S/c8-3-1-2-4-13(10,11)9-7-5-12-6-7/h7,9H,1-6H2. The molecule has 0 amide bonds. The predicted octanol–water partition coefficient (Wildman–Crippen LogP) is 0.324. The van der Waals surface area contributed by atoms with Crippen LogP contribution in [0.25, 0.3) is 0 Å². The van der Waals surface area contributed by atoms with Gasteiger partial charge in [0.1, 0.15) is 0 Å². The first-order valence-electron chi connectivity index (χ1n) is 4.28. The van der Waals surface area contributed by atoms with Gasteiger partial charge in [-0.25, -0.2) is 13.1 Å². The van der Waals surface area contributed by atoms with Crippen LogP contribution in [0.3, 0.4) is 0 Å². The van der Waals surface area contributed by atoms with Gasteiger partial charge in [0, 0.05) is 5.88 Å². The normalized spacial score (nSPS) is 18.5. The molecular formula is C7H14ClNO3S. The van der Waals surface area contributed by atoms with Gasteiger partial charge in [-0.05, 0) is 12.8 Å². The summed E-state index contributed by atoms with van der Waals surface area (Å²) in [6.07, 6.45) is 1.36. The summed E-state index contributed by atoms with van der Waals surface area (Å²) in [5.41, 5.74) is 0. The Kier molecular flexibility index (Phi) is 4.45. The molecule has 4 nitrogen and oxygen atoms in total. The van der Waals surface area contributed by atoms with Crippen LogP contribution < -0.4 is 4.72 Å². The Morgan fingerprint density at radius 3 is 2.54 bits per heavy atom. The van der Waals surface area contributed by atoms with Crippen LogP contribution in [0.4, 0.5) is 0 Å². The van der Waals surface area contributed by atoms with Crippen LogP contribution in [0.2, 0.25) is 0 Å². The van der Waals surface area contributed by atoms with Crippen molar-refractivity contribution >= 4 is 21.6 Å². The molecule has 1 saturated heterocycles. The zero-order valence-corrected chi connectivity index (χ0v) is 8.90. The van der Waals surface area contributed by atoms with Gasteiger partial charge in [0.2, 0.25) is 10.0 Å². The fourth-order valence-corrected chi connectivity index (χ4v) is 2.54. The van der Waals surface area contributed by atoms with Gasteiger partial charge in [0.05, 0.1) is 25.0 Å². The maximum absolute atomic E-state index is 11.3. The molecule has 1 aliphatic rings. The fourth-order valence-electron chi connectivity index (χ4n) is 1.00. The average molecular weight is 228 g/mol. The van der Waals surface area contributed by atoms with Gasteiger partial charge >= 0.3 is 0 Å². The quantitative estimate of drug-likeness (QED) is 0.526. The molecule has 1 aliphatic heterocycles. The van der Waals surface area contributed by atoms with Crippen molar-refractivity contribution in [1.82, 2.24) is 4.72 Å². The lowest BCUT2D eigenvalue weighted by atomic mass is 10.3. The van der Waals surface area contributed by atoms with E-state index in [-0.39, 0.29) is 11.8 Å². The second-order valence-corrected chi connectivity index (χ2v) is 5.32. The molecule has 6 heteroatoms. The van der Waals surface area contributed by atoms with Crippen LogP contribution in [0.5, 0.6) is 0 Å². The third-order valence-electron chi connectivity index (χ3n) is 1.78. The van der Waals surface area contributed by atoms with Gasteiger partial charge in [-0.15, -0.1) is 11.6 Å². The number of ether oxygens (including phenoxy) is 1. The van der Waals surface area contributed by atoms with Crippen LogP contribution in [-0.4, -0.2) is 39.3 Å². The van der Waals surface area contributed by atoms with Crippen LogP contribution in [0.1, 0.15) is 12.8 Å². The highest BCUT2D eigenvalue weighted by Gasteiger charge is 2.23. The van der Waals surface area contributed by atoms with E-state index in [4.69, 9.17) is 16.3 Å². The van der Waals surface area contributed by atoms with E-state index in [9.17, 15) is 8.42 Å². The maximum Gasteiger partial charge on any atom is 0.212 e. The van der Waals surface area contributed by atoms with Gasteiger partial charge < -0.3 is 4.74 Å². The summed E-state index contributed by atoms with van der Waals surface area (Å²) in [6.45, 7) is 0.990. The van der Waals surface area contributed by atoms with E-state index in [0.29, 0.717) is 25.5 Å². The Morgan fingerprint density at radius 2 is 2.08 bits per heavy atom. The van der Waals surface area contributed by atoms with Crippen LogP contribution in [0, 0.1) is 0 Å².